The van der Waals surface area contributed by atoms with Crippen molar-refractivity contribution in [3.05, 3.63) is 58.6 Å². The Kier molecular flexibility index (Phi) is 7.85. The molecule has 2 rings (SSSR count). The molecule has 0 heterocycles. The molecule has 0 saturated carbocycles. The van der Waals surface area contributed by atoms with E-state index in [1.165, 1.54) is 7.11 Å². The van der Waals surface area contributed by atoms with Crippen molar-refractivity contribution < 1.29 is 34.1 Å². The number of carboxylic acids is 2. The number of nitrogens with one attached hydrogen (secondary N) is 1. The highest BCUT2D eigenvalue weighted by molar-refractivity contribution is 6.30. The van der Waals surface area contributed by atoms with Crippen molar-refractivity contribution in [3.63, 3.8) is 0 Å². The van der Waals surface area contributed by atoms with Gasteiger partial charge in [0.05, 0.1) is 13.7 Å². The number of carboxylic acid groups (broad SMARTS) is 2. The number of hydrogen-bond donors (Lipinski definition) is 3. The zero-order valence-corrected chi connectivity index (χ0v) is 16.3. The zero-order valence-electron chi connectivity index (χ0n) is 15.6. The Morgan fingerprint density at radius 2 is 1.72 bits per heavy atom. The van der Waals surface area contributed by atoms with Crippen molar-refractivity contribution in [3.8, 4) is 5.75 Å². The smallest absolute Gasteiger partial charge is 0.411 e. The summed E-state index contributed by atoms with van der Waals surface area (Å²) in [5.74, 6) is -3.83. The maximum absolute atomic E-state index is 11.9. The average Bonchev–Trinajstić information content (AvgIpc) is 2.67. The van der Waals surface area contributed by atoms with Crippen molar-refractivity contribution in [2.75, 3.05) is 19.0 Å². The first kappa shape index (κ1) is 22.0. The molecule has 3 N–H and O–H groups in total. The monoisotopic (exact) mass is 421 g/mol. The fourth-order valence-electron chi connectivity index (χ4n) is 2.61. The van der Waals surface area contributed by atoms with E-state index in [4.69, 9.17) is 31.3 Å². The van der Waals surface area contributed by atoms with Crippen molar-refractivity contribution in [2.24, 2.45) is 5.92 Å². The Balaban J connectivity index is 1.98. The van der Waals surface area contributed by atoms with Gasteiger partial charge in [0.2, 0.25) is 0 Å². The fourth-order valence-corrected chi connectivity index (χ4v) is 2.74. The summed E-state index contributed by atoms with van der Waals surface area (Å²) in [6.45, 7) is 0.0422. The van der Waals surface area contributed by atoms with Gasteiger partial charge >= 0.3 is 18.0 Å². The molecule has 0 aromatic heterocycles. The SMILES string of the molecule is COc1ccc(CC(C(=O)O)C(=O)O)cc1CCOC(=O)Nc1ccc(Cl)cc1. The second-order valence-electron chi connectivity index (χ2n) is 6.10. The first-order chi connectivity index (χ1) is 13.8. The van der Waals surface area contributed by atoms with Gasteiger partial charge in [0.15, 0.2) is 5.92 Å². The number of rotatable bonds is 9. The van der Waals surface area contributed by atoms with Gasteiger partial charge < -0.3 is 19.7 Å². The lowest BCUT2D eigenvalue weighted by molar-refractivity contribution is -0.154. The summed E-state index contributed by atoms with van der Waals surface area (Å²) in [6.07, 6.45) is -0.505. The lowest BCUT2D eigenvalue weighted by atomic mass is 9.97. The molecule has 0 unspecified atom stereocenters. The summed E-state index contributed by atoms with van der Waals surface area (Å²) < 4.78 is 10.4. The number of ether oxygens (including phenoxy) is 2. The van der Waals surface area contributed by atoms with Crippen LogP contribution in [0.4, 0.5) is 10.5 Å². The van der Waals surface area contributed by atoms with Gasteiger partial charge in [-0.05, 0) is 47.9 Å². The highest BCUT2D eigenvalue weighted by atomic mass is 35.5. The van der Waals surface area contributed by atoms with Crippen LogP contribution in [-0.2, 0) is 27.2 Å². The molecule has 0 saturated heterocycles. The molecule has 9 heteroatoms. The van der Waals surface area contributed by atoms with Crippen LogP contribution in [0.15, 0.2) is 42.5 Å². The van der Waals surface area contributed by atoms with Gasteiger partial charge in [-0.1, -0.05) is 23.7 Å². The highest BCUT2D eigenvalue weighted by Crippen LogP contribution is 2.23. The van der Waals surface area contributed by atoms with Crippen LogP contribution >= 0.6 is 11.6 Å². The molecule has 0 aliphatic carbocycles. The first-order valence-corrected chi connectivity index (χ1v) is 8.98. The number of methoxy groups -OCH3 is 1. The van der Waals surface area contributed by atoms with E-state index in [0.29, 0.717) is 34.0 Å². The van der Waals surface area contributed by atoms with E-state index in [9.17, 15) is 14.4 Å². The minimum atomic E-state index is -1.54. The maximum Gasteiger partial charge on any atom is 0.411 e. The summed E-state index contributed by atoms with van der Waals surface area (Å²) in [7, 11) is 1.48. The van der Waals surface area contributed by atoms with Crippen molar-refractivity contribution >= 4 is 35.3 Å². The Morgan fingerprint density at radius 1 is 1.07 bits per heavy atom. The highest BCUT2D eigenvalue weighted by Gasteiger charge is 2.26. The number of halogens is 1. The van der Waals surface area contributed by atoms with Crippen molar-refractivity contribution in [1.82, 2.24) is 0 Å². The Hall–Kier alpha value is -3.26. The van der Waals surface area contributed by atoms with Gasteiger partial charge in [-0.25, -0.2) is 4.79 Å². The standard InChI is InChI=1S/C20H20ClNO7/c1-28-17-7-2-12(11-16(18(23)24)19(25)26)10-13(17)8-9-29-20(27)22-15-5-3-14(21)4-6-15/h2-7,10,16H,8-9,11H2,1H3,(H,22,27)(H,23,24)(H,25,26). The molecular formula is C20H20ClNO7. The third-order valence-corrected chi connectivity index (χ3v) is 4.33. The second kappa shape index (κ2) is 10.3. The summed E-state index contributed by atoms with van der Waals surface area (Å²) in [5.41, 5.74) is 1.73. The molecule has 1 amide bonds. The van der Waals surface area contributed by atoms with Crippen LogP contribution in [0.3, 0.4) is 0 Å². The number of carbonyl (C=O) groups excluding carboxylic acids is 1. The Morgan fingerprint density at radius 3 is 2.31 bits per heavy atom. The van der Waals surface area contributed by atoms with E-state index < -0.39 is 23.9 Å². The molecule has 29 heavy (non-hydrogen) atoms. The molecular weight excluding hydrogens is 402 g/mol. The molecule has 0 fully saturated rings. The van der Waals surface area contributed by atoms with E-state index in [0.717, 1.165) is 0 Å². The Bertz CT molecular complexity index is 869. The normalized spacial score (nSPS) is 10.4. The second-order valence-corrected chi connectivity index (χ2v) is 6.53. The minimum Gasteiger partial charge on any atom is -0.496 e. The number of anilines is 1. The molecule has 8 nitrogen and oxygen atoms in total. The molecule has 0 atom stereocenters. The van der Waals surface area contributed by atoms with Gasteiger partial charge in [-0.3, -0.25) is 14.9 Å². The lowest BCUT2D eigenvalue weighted by Gasteiger charge is -2.13. The van der Waals surface area contributed by atoms with E-state index >= 15 is 0 Å². The lowest BCUT2D eigenvalue weighted by Crippen LogP contribution is -2.25. The molecule has 0 radical (unpaired) electrons. The quantitative estimate of drug-likeness (QED) is 0.530. The van der Waals surface area contributed by atoms with Crippen molar-refractivity contribution in [1.29, 1.82) is 0 Å². The number of carbonyl (C=O) groups is 3. The number of amides is 1. The first-order valence-electron chi connectivity index (χ1n) is 8.61. The zero-order chi connectivity index (χ0) is 21.4. The van der Waals surface area contributed by atoms with Gasteiger partial charge in [0.1, 0.15) is 5.75 Å². The summed E-state index contributed by atoms with van der Waals surface area (Å²) >= 11 is 5.79. The molecule has 0 aliphatic rings. The molecule has 2 aromatic rings. The predicted octanol–water partition coefficient (Wildman–Crippen LogP) is 3.47. The predicted molar refractivity (Wildman–Crippen MR) is 106 cm³/mol. The van der Waals surface area contributed by atoms with Crippen LogP contribution in [0.2, 0.25) is 5.02 Å². The van der Waals surface area contributed by atoms with E-state index in [2.05, 4.69) is 5.32 Å². The third-order valence-electron chi connectivity index (χ3n) is 4.08. The topological polar surface area (TPSA) is 122 Å². The van der Waals surface area contributed by atoms with Crippen LogP contribution in [0, 0.1) is 5.92 Å². The van der Waals surface area contributed by atoms with Crippen LogP contribution in [0.25, 0.3) is 0 Å². The van der Waals surface area contributed by atoms with Gasteiger partial charge in [0, 0.05) is 17.1 Å². The third kappa shape index (κ3) is 6.69. The van der Waals surface area contributed by atoms with Gasteiger partial charge in [-0.15, -0.1) is 0 Å². The molecule has 0 bridgehead atoms. The van der Waals surface area contributed by atoms with Crippen LogP contribution in [0.1, 0.15) is 11.1 Å². The average molecular weight is 422 g/mol. The minimum absolute atomic E-state index is 0.0422. The fraction of sp³-hybridized carbons (Fsp3) is 0.250. The van der Waals surface area contributed by atoms with Gasteiger partial charge in [0.25, 0.3) is 0 Å². The Labute approximate surface area is 172 Å². The summed E-state index contributed by atoms with van der Waals surface area (Å²) in [6, 6.07) is 11.4. The summed E-state index contributed by atoms with van der Waals surface area (Å²) in [4.78, 5) is 34.1. The molecule has 0 aliphatic heterocycles. The van der Waals surface area contributed by atoms with Crippen LogP contribution in [0.5, 0.6) is 5.75 Å². The molecule has 0 spiro atoms. The van der Waals surface area contributed by atoms with E-state index in [1.54, 1.807) is 42.5 Å². The number of benzene rings is 2. The van der Waals surface area contributed by atoms with Crippen LogP contribution in [-0.4, -0.2) is 42.0 Å². The van der Waals surface area contributed by atoms with Crippen LogP contribution < -0.4 is 10.1 Å². The largest absolute Gasteiger partial charge is 0.496 e. The number of hydrogen-bond acceptors (Lipinski definition) is 5. The maximum atomic E-state index is 11.9. The number of aliphatic carboxylic acids is 2. The van der Waals surface area contributed by atoms with Gasteiger partial charge in [-0.2, -0.15) is 0 Å². The van der Waals surface area contributed by atoms with E-state index in [-0.39, 0.29) is 13.0 Å². The van der Waals surface area contributed by atoms with Crippen molar-refractivity contribution in [2.45, 2.75) is 12.8 Å². The molecule has 154 valence electrons. The summed E-state index contributed by atoms with van der Waals surface area (Å²) in [5, 5.41) is 21.2. The van der Waals surface area contributed by atoms with E-state index in [1.807, 2.05) is 0 Å². The molecule has 2 aromatic carbocycles.